The normalized spacial score (nSPS) is 12.2. The van der Waals surface area contributed by atoms with Crippen LogP contribution in [0.1, 0.15) is 29.7 Å². The van der Waals surface area contributed by atoms with Gasteiger partial charge < -0.3 is 10.1 Å². The van der Waals surface area contributed by atoms with Crippen LogP contribution < -0.4 is 10.1 Å². The van der Waals surface area contributed by atoms with Crippen molar-refractivity contribution in [3.8, 4) is 5.75 Å². The molecule has 1 N–H and O–H groups in total. The monoisotopic (exact) mass is 333 g/mol. The minimum atomic E-state index is 0.313. The summed E-state index contributed by atoms with van der Waals surface area (Å²) < 4.78 is 6.37. The minimum absolute atomic E-state index is 0.313. The van der Waals surface area contributed by atoms with Crippen LogP contribution in [0.25, 0.3) is 0 Å². The Morgan fingerprint density at radius 2 is 2.00 bits per heavy atom. The summed E-state index contributed by atoms with van der Waals surface area (Å²) in [6, 6.07) is 14.9. The van der Waals surface area contributed by atoms with Crippen molar-refractivity contribution in [2.75, 3.05) is 7.11 Å². The first-order valence-corrected chi connectivity index (χ1v) is 7.52. The van der Waals surface area contributed by atoms with Gasteiger partial charge in [0.15, 0.2) is 0 Å². The Labute approximate surface area is 129 Å². The Balaban J connectivity index is 2.05. The van der Waals surface area contributed by atoms with Gasteiger partial charge >= 0.3 is 0 Å². The van der Waals surface area contributed by atoms with Gasteiger partial charge in [0.25, 0.3) is 0 Å². The fourth-order valence-corrected chi connectivity index (χ4v) is 2.52. The van der Waals surface area contributed by atoms with Crippen molar-refractivity contribution in [1.82, 2.24) is 5.32 Å². The van der Waals surface area contributed by atoms with Crippen LogP contribution in [-0.2, 0) is 6.54 Å². The van der Waals surface area contributed by atoms with Gasteiger partial charge in [0.2, 0.25) is 0 Å². The van der Waals surface area contributed by atoms with E-state index in [9.17, 15) is 0 Å². The third-order valence-electron chi connectivity index (χ3n) is 3.39. The number of methoxy groups -OCH3 is 1. The van der Waals surface area contributed by atoms with E-state index in [1.165, 1.54) is 16.7 Å². The molecule has 3 heteroatoms. The fourth-order valence-electron chi connectivity index (χ4n) is 2.13. The summed E-state index contributed by atoms with van der Waals surface area (Å²) in [5.41, 5.74) is 3.80. The van der Waals surface area contributed by atoms with Gasteiger partial charge in [-0.3, -0.25) is 0 Å². The highest BCUT2D eigenvalue weighted by molar-refractivity contribution is 9.10. The van der Waals surface area contributed by atoms with Gasteiger partial charge in [-0.05, 0) is 43.2 Å². The van der Waals surface area contributed by atoms with E-state index < -0.39 is 0 Å². The Hall–Kier alpha value is -1.32. The van der Waals surface area contributed by atoms with E-state index in [1.807, 2.05) is 12.1 Å². The average molecular weight is 334 g/mol. The molecule has 2 aromatic rings. The Bertz CT molecular complexity index is 583. The number of aryl methyl sites for hydroxylation is 1. The zero-order chi connectivity index (χ0) is 14.5. The molecule has 0 saturated carbocycles. The summed E-state index contributed by atoms with van der Waals surface area (Å²) in [4.78, 5) is 0. The van der Waals surface area contributed by atoms with Crippen molar-refractivity contribution in [1.29, 1.82) is 0 Å². The van der Waals surface area contributed by atoms with Gasteiger partial charge in [0, 0.05) is 17.1 Å². The van der Waals surface area contributed by atoms with Gasteiger partial charge in [-0.1, -0.05) is 45.8 Å². The first kappa shape index (κ1) is 15.1. The predicted octanol–water partition coefficient (Wildman–Crippen LogP) is 4.62. The van der Waals surface area contributed by atoms with Crippen molar-refractivity contribution in [3.63, 3.8) is 0 Å². The minimum Gasteiger partial charge on any atom is -0.497 e. The molecule has 2 aromatic carbocycles. The molecule has 1 atom stereocenters. The highest BCUT2D eigenvalue weighted by atomic mass is 79.9. The summed E-state index contributed by atoms with van der Waals surface area (Å²) in [7, 11) is 1.69. The van der Waals surface area contributed by atoms with Crippen LogP contribution >= 0.6 is 15.9 Å². The second-order valence-electron chi connectivity index (χ2n) is 4.97. The lowest BCUT2D eigenvalue weighted by Gasteiger charge is -2.16. The van der Waals surface area contributed by atoms with E-state index in [0.29, 0.717) is 6.04 Å². The molecule has 106 valence electrons. The number of rotatable bonds is 5. The van der Waals surface area contributed by atoms with E-state index in [0.717, 1.165) is 16.8 Å². The van der Waals surface area contributed by atoms with Crippen molar-refractivity contribution >= 4 is 15.9 Å². The number of hydrogen-bond donors (Lipinski definition) is 1. The number of halogens is 1. The van der Waals surface area contributed by atoms with Gasteiger partial charge in [-0.25, -0.2) is 0 Å². The quantitative estimate of drug-likeness (QED) is 0.862. The van der Waals surface area contributed by atoms with Gasteiger partial charge in [0.1, 0.15) is 5.75 Å². The average Bonchev–Trinajstić information content (AvgIpc) is 2.46. The molecule has 0 amide bonds. The summed E-state index contributed by atoms with van der Waals surface area (Å²) >= 11 is 3.58. The molecule has 0 aliphatic carbocycles. The summed E-state index contributed by atoms with van der Waals surface area (Å²) in [5, 5.41) is 3.55. The molecule has 0 unspecified atom stereocenters. The van der Waals surface area contributed by atoms with Crippen LogP contribution in [0, 0.1) is 6.92 Å². The SMILES string of the molecule is COc1ccc(Br)c(CN[C@@H](C)c2cccc(C)c2)c1. The van der Waals surface area contributed by atoms with E-state index in [4.69, 9.17) is 4.74 Å². The second-order valence-corrected chi connectivity index (χ2v) is 5.83. The van der Waals surface area contributed by atoms with E-state index in [1.54, 1.807) is 7.11 Å². The van der Waals surface area contributed by atoms with Crippen LogP contribution in [0.5, 0.6) is 5.75 Å². The highest BCUT2D eigenvalue weighted by Gasteiger charge is 2.07. The Kier molecular flexibility index (Phi) is 5.21. The molecule has 0 spiro atoms. The number of nitrogens with one attached hydrogen (secondary N) is 1. The third kappa shape index (κ3) is 3.84. The number of hydrogen-bond acceptors (Lipinski definition) is 2. The van der Waals surface area contributed by atoms with Crippen LogP contribution in [0.3, 0.4) is 0 Å². The van der Waals surface area contributed by atoms with Gasteiger partial charge in [-0.2, -0.15) is 0 Å². The molecular formula is C17H20BrNO. The number of ether oxygens (including phenoxy) is 1. The van der Waals surface area contributed by atoms with Gasteiger partial charge in [-0.15, -0.1) is 0 Å². The van der Waals surface area contributed by atoms with E-state index in [2.05, 4.69) is 65.4 Å². The maximum atomic E-state index is 5.27. The predicted molar refractivity (Wildman–Crippen MR) is 87.1 cm³/mol. The maximum absolute atomic E-state index is 5.27. The lowest BCUT2D eigenvalue weighted by Crippen LogP contribution is -2.18. The van der Waals surface area contributed by atoms with E-state index in [-0.39, 0.29) is 0 Å². The van der Waals surface area contributed by atoms with Crippen LogP contribution in [0.15, 0.2) is 46.9 Å². The fraction of sp³-hybridized carbons (Fsp3) is 0.294. The molecule has 0 aromatic heterocycles. The summed E-state index contributed by atoms with van der Waals surface area (Å²) in [5.74, 6) is 0.883. The van der Waals surface area contributed by atoms with Crippen molar-refractivity contribution in [2.24, 2.45) is 0 Å². The zero-order valence-corrected chi connectivity index (χ0v) is 13.7. The molecule has 0 saturated heterocycles. The molecule has 0 heterocycles. The Morgan fingerprint density at radius 1 is 1.20 bits per heavy atom. The molecule has 2 rings (SSSR count). The molecule has 0 aliphatic heterocycles. The molecule has 0 aliphatic rings. The molecule has 2 nitrogen and oxygen atoms in total. The van der Waals surface area contributed by atoms with Crippen molar-refractivity contribution in [2.45, 2.75) is 26.4 Å². The topological polar surface area (TPSA) is 21.3 Å². The second kappa shape index (κ2) is 6.91. The zero-order valence-electron chi connectivity index (χ0n) is 12.1. The Morgan fingerprint density at radius 3 is 2.70 bits per heavy atom. The van der Waals surface area contributed by atoms with Crippen LogP contribution in [0.4, 0.5) is 0 Å². The first-order chi connectivity index (χ1) is 9.60. The summed E-state index contributed by atoms with van der Waals surface area (Å²) in [6.07, 6.45) is 0. The molecular weight excluding hydrogens is 314 g/mol. The summed E-state index contributed by atoms with van der Waals surface area (Å²) in [6.45, 7) is 5.10. The van der Waals surface area contributed by atoms with Crippen LogP contribution in [0.2, 0.25) is 0 Å². The highest BCUT2D eigenvalue weighted by Crippen LogP contribution is 2.23. The number of benzene rings is 2. The lowest BCUT2D eigenvalue weighted by molar-refractivity contribution is 0.413. The van der Waals surface area contributed by atoms with Crippen molar-refractivity contribution < 1.29 is 4.74 Å². The van der Waals surface area contributed by atoms with Crippen molar-refractivity contribution in [3.05, 3.63) is 63.6 Å². The maximum Gasteiger partial charge on any atom is 0.119 e. The largest absolute Gasteiger partial charge is 0.497 e. The van der Waals surface area contributed by atoms with E-state index >= 15 is 0 Å². The standard InChI is InChI=1S/C17H20BrNO/c1-12-5-4-6-14(9-12)13(2)19-11-15-10-16(20-3)7-8-17(15)18/h4-10,13,19H,11H2,1-3H3/t13-/m0/s1. The molecule has 0 bridgehead atoms. The van der Waals surface area contributed by atoms with Crippen LogP contribution in [-0.4, -0.2) is 7.11 Å². The molecule has 0 radical (unpaired) electrons. The molecule has 20 heavy (non-hydrogen) atoms. The van der Waals surface area contributed by atoms with Gasteiger partial charge in [0.05, 0.1) is 7.11 Å². The lowest BCUT2D eigenvalue weighted by atomic mass is 10.1. The smallest absolute Gasteiger partial charge is 0.119 e. The third-order valence-corrected chi connectivity index (χ3v) is 4.17. The molecule has 0 fully saturated rings. The first-order valence-electron chi connectivity index (χ1n) is 6.72.